The fourth-order valence-corrected chi connectivity index (χ4v) is 4.36. The molecule has 1 aromatic rings. The number of aliphatic imine (C=N–C) groups is 1. The molecule has 2 fully saturated rings. The van der Waals surface area contributed by atoms with E-state index in [9.17, 15) is 20.2 Å². The van der Waals surface area contributed by atoms with Crippen LogP contribution in [0, 0.1) is 27.4 Å². The van der Waals surface area contributed by atoms with E-state index < -0.39 is 10.9 Å². The van der Waals surface area contributed by atoms with Crippen LogP contribution in [0.2, 0.25) is 0 Å². The fourth-order valence-electron chi connectivity index (χ4n) is 4.36. The first-order valence-electron chi connectivity index (χ1n) is 11.0. The Kier molecular flexibility index (Phi) is 6.66. The molecule has 2 heterocycles. The Morgan fingerprint density at radius 2 is 2.03 bits per heavy atom. The van der Waals surface area contributed by atoms with E-state index in [2.05, 4.69) is 15.6 Å². The van der Waals surface area contributed by atoms with Gasteiger partial charge in [0, 0.05) is 32.2 Å². The highest BCUT2D eigenvalue weighted by Crippen LogP contribution is 2.39. The molecule has 2 aliphatic heterocycles. The van der Waals surface area contributed by atoms with Crippen molar-refractivity contribution in [2.75, 3.05) is 38.1 Å². The largest absolute Gasteiger partial charge is 0.461 e. The number of nitrogens with zero attached hydrogens (tertiary/aromatic N) is 4. The summed E-state index contributed by atoms with van der Waals surface area (Å²) in [6.07, 6.45) is 5.46. The molecule has 0 atom stereocenters. The van der Waals surface area contributed by atoms with Gasteiger partial charge >= 0.3 is 5.97 Å². The number of anilines is 1. The summed E-state index contributed by atoms with van der Waals surface area (Å²) < 4.78 is 5.51. The molecule has 0 spiro atoms. The number of fused-ring (bicyclic) bond motifs is 1. The zero-order valence-corrected chi connectivity index (χ0v) is 17.8. The van der Waals surface area contributed by atoms with E-state index in [0.29, 0.717) is 30.5 Å². The molecular formula is C22H26N6O4. The molecule has 4 rings (SSSR count). The standard InChI is InChI=1S/C22H26N6O4/c23-13-16(22(29)32-14-15-5-2-1-3-6-15)19-21(27-11-9-24-10-12-27)25-17-7-4-8-18(28(30)31)20(17)26-19/h4,7-8,15,24,26H,1-3,5-6,9-12,14H2/b19-16-. The molecule has 0 amide bonds. The van der Waals surface area contributed by atoms with Gasteiger partial charge in [-0.15, -0.1) is 0 Å². The third-order valence-corrected chi connectivity index (χ3v) is 6.07. The molecular weight excluding hydrogens is 412 g/mol. The van der Waals surface area contributed by atoms with Crippen molar-refractivity contribution in [3.05, 3.63) is 39.6 Å². The zero-order valence-electron chi connectivity index (χ0n) is 17.8. The predicted molar refractivity (Wildman–Crippen MR) is 118 cm³/mol. The number of nitro benzene ring substituents is 1. The van der Waals surface area contributed by atoms with Gasteiger partial charge in [0.15, 0.2) is 11.4 Å². The Balaban J connectivity index is 1.69. The maximum Gasteiger partial charge on any atom is 0.351 e. The van der Waals surface area contributed by atoms with Gasteiger partial charge in [0.2, 0.25) is 0 Å². The summed E-state index contributed by atoms with van der Waals surface area (Å²) in [6, 6.07) is 6.55. The lowest BCUT2D eigenvalue weighted by Crippen LogP contribution is -2.48. The molecule has 168 valence electrons. The number of para-hydroxylation sites is 1. The van der Waals surface area contributed by atoms with Crippen molar-refractivity contribution < 1.29 is 14.5 Å². The summed E-state index contributed by atoms with van der Waals surface area (Å²) in [4.78, 5) is 30.5. The van der Waals surface area contributed by atoms with Crippen LogP contribution in [0.1, 0.15) is 32.1 Å². The molecule has 0 radical (unpaired) electrons. The molecule has 1 saturated heterocycles. The van der Waals surface area contributed by atoms with Crippen LogP contribution in [-0.4, -0.2) is 54.4 Å². The Morgan fingerprint density at radius 1 is 1.28 bits per heavy atom. The first-order chi connectivity index (χ1) is 15.6. The smallest absolute Gasteiger partial charge is 0.351 e. The molecule has 0 bridgehead atoms. The lowest BCUT2D eigenvalue weighted by Gasteiger charge is -2.33. The van der Waals surface area contributed by atoms with Gasteiger partial charge in [-0.05, 0) is 24.8 Å². The number of benzene rings is 1. The summed E-state index contributed by atoms with van der Waals surface area (Å²) in [5.74, 6) is -0.00353. The van der Waals surface area contributed by atoms with Gasteiger partial charge in [-0.2, -0.15) is 5.26 Å². The number of hydrogen-bond donors (Lipinski definition) is 2. The highest BCUT2D eigenvalue weighted by atomic mass is 16.6. The minimum Gasteiger partial charge on any atom is -0.461 e. The van der Waals surface area contributed by atoms with Gasteiger partial charge < -0.3 is 20.3 Å². The van der Waals surface area contributed by atoms with Crippen LogP contribution in [0.25, 0.3) is 0 Å². The van der Waals surface area contributed by atoms with Crippen LogP contribution in [-0.2, 0) is 9.53 Å². The lowest BCUT2D eigenvalue weighted by atomic mass is 9.90. The van der Waals surface area contributed by atoms with Gasteiger partial charge in [0.25, 0.3) is 5.69 Å². The second-order valence-electron chi connectivity index (χ2n) is 8.19. The zero-order chi connectivity index (χ0) is 22.5. The third kappa shape index (κ3) is 4.57. The molecule has 1 saturated carbocycles. The Morgan fingerprint density at radius 3 is 2.72 bits per heavy atom. The Bertz CT molecular complexity index is 1000. The summed E-state index contributed by atoms with van der Waals surface area (Å²) in [6.45, 7) is 2.98. The number of rotatable bonds is 4. The molecule has 1 aliphatic carbocycles. The molecule has 3 aliphatic rings. The molecule has 32 heavy (non-hydrogen) atoms. The van der Waals surface area contributed by atoms with Gasteiger partial charge in [0.1, 0.15) is 17.5 Å². The topological polar surface area (TPSA) is 133 Å². The van der Waals surface area contributed by atoms with Crippen LogP contribution < -0.4 is 10.6 Å². The summed E-state index contributed by atoms with van der Waals surface area (Å²) in [5, 5.41) is 27.6. The molecule has 2 N–H and O–H groups in total. The van der Waals surface area contributed by atoms with Gasteiger partial charge in [-0.3, -0.25) is 10.1 Å². The van der Waals surface area contributed by atoms with Crippen molar-refractivity contribution >= 4 is 28.9 Å². The van der Waals surface area contributed by atoms with E-state index >= 15 is 0 Å². The first-order valence-corrected chi connectivity index (χ1v) is 11.0. The third-order valence-electron chi connectivity index (χ3n) is 6.07. The van der Waals surface area contributed by atoms with Crippen molar-refractivity contribution in [2.45, 2.75) is 32.1 Å². The Labute approximate surface area is 186 Å². The van der Waals surface area contributed by atoms with Crippen LogP contribution in [0.4, 0.5) is 17.1 Å². The number of carbonyl (C=O) groups is 1. The number of carbonyl (C=O) groups excluding carboxylic acids is 1. The second kappa shape index (κ2) is 9.78. The molecule has 0 unspecified atom stereocenters. The number of amidine groups is 1. The van der Waals surface area contributed by atoms with Crippen molar-refractivity contribution in [1.29, 1.82) is 5.26 Å². The minimum absolute atomic E-state index is 0.157. The van der Waals surface area contributed by atoms with Crippen LogP contribution in [0.5, 0.6) is 0 Å². The lowest BCUT2D eigenvalue weighted by molar-refractivity contribution is -0.383. The first kappa shape index (κ1) is 21.8. The van der Waals surface area contributed by atoms with E-state index in [4.69, 9.17) is 4.74 Å². The van der Waals surface area contributed by atoms with Crippen LogP contribution >= 0.6 is 0 Å². The van der Waals surface area contributed by atoms with Crippen molar-refractivity contribution in [1.82, 2.24) is 10.2 Å². The fraction of sp³-hybridized carbons (Fsp3) is 0.500. The van der Waals surface area contributed by atoms with Crippen molar-refractivity contribution in [3.63, 3.8) is 0 Å². The average molecular weight is 438 g/mol. The van der Waals surface area contributed by atoms with Gasteiger partial charge in [-0.25, -0.2) is 9.79 Å². The second-order valence-corrected chi connectivity index (χ2v) is 8.19. The predicted octanol–water partition coefficient (Wildman–Crippen LogP) is 2.86. The summed E-state index contributed by atoms with van der Waals surface area (Å²) in [5.41, 5.74) is 0.325. The number of piperazine rings is 1. The van der Waals surface area contributed by atoms with Crippen molar-refractivity contribution in [3.8, 4) is 6.07 Å². The highest BCUT2D eigenvalue weighted by molar-refractivity contribution is 6.13. The maximum absolute atomic E-state index is 12.9. The normalized spacial score (nSPS) is 20.3. The van der Waals surface area contributed by atoms with E-state index in [1.54, 1.807) is 12.1 Å². The number of nitriles is 1. The van der Waals surface area contributed by atoms with E-state index in [0.717, 1.165) is 38.8 Å². The van der Waals surface area contributed by atoms with Gasteiger partial charge in [-0.1, -0.05) is 25.3 Å². The van der Waals surface area contributed by atoms with Crippen molar-refractivity contribution in [2.24, 2.45) is 10.9 Å². The minimum atomic E-state index is -0.731. The van der Waals surface area contributed by atoms with E-state index in [1.807, 2.05) is 11.0 Å². The molecule has 1 aromatic carbocycles. The SMILES string of the molecule is N#C/C(C(=O)OCC1CCCCC1)=C1/Nc2c(cccc2[N+](=O)[O-])N=C1N1CCNCC1. The molecule has 0 aromatic heterocycles. The van der Waals surface area contributed by atoms with Gasteiger partial charge in [0.05, 0.1) is 17.2 Å². The maximum atomic E-state index is 12.9. The van der Waals surface area contributed by atoms with Crippen LogP contribution in [0.15, 0.2) is 34.5 Å². The average Bonchev–Trinajstić information content (AvgIpc) is 2.83. The summed E-state index contributed by atoms with van der Waals surface area (Å²) >= 11 is 0. The number of ether oxygens (including phenoxy) is 1. The Hall–Kier alpha value is -3.45. The highest BCUT2D eigenvalue weighted by Gasteiger charge is 2.32. The molecule has 10 heteroatoms. The number of nitrogens with one attached hydrogen (secondary N) is 2. The quantitative estimate of drug-likeness (QED) is 0.241. The van der Waals surface area contributed by atoms with E-state index in [1.165, 1.54) is 12.5 Å². The monoisotopic (exact) mass is 438 g/mol. The summed E-state index contributed by atoms with van der Waals surface area (Å²) in [7, 11) is 0. The number of nitro groups is 1. The van der Waals surface area contributed by atoms with E-state index in [-0.39, 0.29) is 29.3 Å². The number of hydrogen-bond acceptors (Lipinski definition) is 9. The number of esters is 1. The van der Waals surface area contributed by atoms with Crippen LogP contribution in [0.3, 0.4) is 0 Å². The molecule has 10 nitrogen and oxygen atoms in total.